The SMILES string of the molecule is Cc1cc(Cl)ccc1NC(=O)NCC1(c2ccccc2)CCC1. The fraction of sp³-hybridized carbons (Fsp3) is 0.316. The average Bonchev–Trinajstić information content (AvgIpc) is 2.50. The van der Waals surface area contributed by atoms with Gasteiger partial charge in [-0.1, -0.05) is 48.4 Å². The summed E-state index contributed by atoms with van der Waals surface area (Å²) in [5.41, 5.74) is 3.14. The standard InChI is InChI=1S/C19H21ClN2O/c1-14-12-16(20)8-9-17(14)22-18(23)21-13-19(10-5-11-19)15-6-3-2-4-7-15/h2-4,6-9,12H,5,10-11,13H2,1H3,(H2,21,22,23). The molecule has 3 rings (SSSR count). The van der Waals surface area contributed by atoms with Crippen molar-refractivity contribution in [2.45, 2.75) is 31.6 Å². The molecule has 120 valence electrons. The summed E-state index contributed by atoms with van der Waals surface area (Å²) >= 11 is 5.94. The van der Waals surface area contributed by atoms with Crippen LogP contribution in [0, 0.1) is 6.92 Å². The van der Waals surface area contributed by atoms with Crippen molar-refractivity contribution in [3.63, 3.8) is 0 Å². The normalized spacial score (nSPS) is 15.6. The van der Waals surface area contributed by atoms with Gasteiger partial charge in [-0.3, -0.25) is 0 Å². The van der Waals surface area contributed by atoms with Crippen LogP contribution in [0.4, 0.5) is 10.5 Å². The van der Waals surface area contributed by atoms with E-state index in [2.05, 4.69) is 34.9 Å². The molecule has 1 saturated carbocycles. The zero-order valence-electron chi connectivity index (χ0n) is 13.2. The van der Waals surface area contributed by atoms with Crippen LogP contribution in [0.25, 0.3) is 0 Å². The highest BCUT2D eigenvalue weighted by molar-refractivity contribution is 6.30. The van der Waals surface area contributed by atoms with E-state index in [9.17, 15) is 4.79 Å². The smallest absolute Gasteiger partial charge is 0.319 e. The van der Waals surface area contributed by atoms with E-state index in [1.807, 2.05) is 25.1 Å². The molecular weight excluding hydrogens is 308 g/mol. The summed E-state index contributed by atoms with van der Waals surface area (Å²) in [6.45, 7) is 2.59. The lowest BCUT2D eigenvalue weighted by molar-refractivity contribution is 0.222. The summed E-state index contributed by atoms with van der Waals surface area (Å²) in [5, 5.41) is 6.60. The van der Waals surface area contributed by atoms with Gasteiger partial charge in [0, 0.05) is 22.7 Å². The summed E-state index contributed by atoms with van der Waals surface area (Å²) in [7, 11) is 0. The minimum Gasteiger partial charge on any atom is -0.337 e. The number of urea groups is 1. The second-order valence-electron chi connectivity index (χ2n) is 6.27. The minimum atomic E-state index is -0.169. The number of halogens is 1. The van der Waals surface area contributed by atoms with Gasteiger partial charge < -0.3 is 10.6 Å². The van der Waals surface area contributed by atoms with E-state index in [0.29, 0.717) is 11.6 Å². The Morgan fingerprint density at radius 3 is 2.52 bits per heavy atom. The van der Waals surface area contributed by atoms with Gasteiger partial charge in [-0.05, 0) is 49.1 Å². The molecule has 0 atom stereocenters. The van der Waals surface area contributed by atoms with Crippen molar-refractivity contribution in [2.24, 2.45) is 0 Å². The van der Waals surface area contributed by atoms with Crippen molar-refractivity contribution >= 4 is 23.3 Å². The van der Waals surface area contributed by atoms with Crippen molar-refractivity contribution in [1.82, 2.24) is 5.32 Å². The molecule has 1 fully saturated rings. The summed E-state index contributed by atoms with van der Waals surface area (Å²) in [4.78, 5) is 12.2. The quantitative estimate of drug-likeness (QED) is 0.824. The molecule has 3 nitrogen and oxygen atoms in total. The molecule has 23 heavy (non-hydrogen) atoms. The number of rotatable bonds is 4. The van der Waals surface area contributed by atoms with Gasteiger partial charge in [0.2, 0.25) is 0 Å². The molecule has 1 aliphatic rings. The van der Waals surface area contributed by atoms with E-state index in [1.165, 1.54) is 12.0 Å². The number of hydrogen-bond acceptors (Lipinski definition) is 1. The predicted octanol–water partition coefficient (Wildman–Crippen LogP) is 4.89. The van der Waals surface area contributed by atoms with Crippen molar-refractivity contribution in [2.75, 3.05) is 11.9 Å². The van der Waals surface area contributed by atoms with Crippen LogP contribution in [0.5, 0.6) is 0 Å². The molecule has 0 aromatic heterocycles. The highest BCUT2D eigenvalue weighted by atomic mass is 35.5. The van der Waals surface area contributed by atoms with Crippen molar-refractivity contribution < 1.29 is 4.79 Å². The van der Waals surface area contributed by atoms with Crippen LogP contribution >= 0.6 is 11.6 Å². The number of hydrogen-bond donors (Lipinski definition) is 2. The van der Waals surface area contributed by atoms with Crippen LogP contribution in [0.3, 0.4) is 0 Å². The fourth-order valence-electron chi connectivity index (χ4n) is 3.15. The molecule has 2 amide bonds. The topological polar surface area (TPSA) is 41.1 Å². The molecule has 0 saturated heterocycles. The Labute approximate surface area is 142 Å². The molecule has 1 aliphatic carbocycles. The van der Waals surface area contributed by atoms with E-state index in [-0.39, 0.29) is 11.4 Å². The lowest BCUT2D eigenvalue weighted by Crippen LogP contribution is -2.46. The number of amides is 2. The molecule has 4 heteroatoms. The molecule has 0 bridgehead atoms. The van der Waals surface area contributed by atoms with E-state index < -0.39 is 0 Å². The lowest BCUT2D eigenvalue weighted by Gasteiger charge is -2.42. The van der Waals surface area contributed by atoms with Crippen molar-refractivity contribution in [3.05, 3.63) is 64.7 Å². The van der Waals surface area contributed by atoms with Gasteiger partial charge in [0.05, 0.1) is 0 Å². The Bertz CT molecular complexity index is 696. The third-order valence-corrected chi connectivity index (χ3v) is 4.96. The number of nitrogens with one attached hydrogen (secondary N) is 2. The first kappa shape index (κ1) is 15.9. The third kappa shape index (κ3) is 3.50. The van der Waals surface area contributed by atoms with Gasteiger partial charge in [-0.25, -0.2) is 4.79 Å². The lowest BCUT2D eigenvalue weighted by atomic mass is 9.64. The van der Waals surface area contributed by atoms with Crippen molar-refractivity contribution in [1.29, 1.82) is 0 Å². The molecule has 0 unspecified atom stereocenters. The van der Waals surface area contributed by atoms with E-state index in [1.54, 1.807) is 6.07 Å². The van der Waals surface area contributed by atoms with Gasteiger partial charge in [0.25, 0.3) is 0 Å². The Balaban J connectivity index is 1.62. The van der Waals surface area contributed by atoms with Crippen LogP contribution in [-0.2, 0) is 5.41 Å². The summed E-state index contributed by atoms with van der Waals surface area (Å²) in [6, 6.07) is 15.7. The van der Waals surface area contributed by atoms with Crippen LogP contribution < -0.4 is 10.6 Å². The molecule has 2 aromatic rings. The minimum absolute atomic E-state index is 0.0909. The first-order chi connectivity index (χ1) is 11.1. The van der Waals surface area contributed by atoms with Gasteiger partial charge in [0.1, 0.15) is 0 Å². The molecule has 0 spiro atoms. The largest absolute Gasteiger partial charge is 0.337 e. The average molecular weight is 329 g/mol. The number of anilines is 1. The molecule has 0 radical (unpaired) electrons. The zero-order chi connectivity index (χ0) is 16.3. The number of aryl methyl sites for hydroxylation is 1. The Kier molecular flexibility index (Phi) is 4.58. The first-order valence-electron chi connectivity index (χ1n) is 7.96. The van der Waals surface area contributed by atoms with Crippen LogP contribution in [-0.4, -0.2) is 12.6 Å². The molecule has 2 aromatic carbocycles. The van der Waals surface area contributed by atoms with Gasteiger partial charge in [0.15, 0.2) is 0 Å². The van der Waals surface area contributed by atoms with Crippen LogP contribution in [0.1, 0.15) is 30.4 Å². The third-order valence-electron chi connectivity index (χ3n) is 4.72. The van der Waals surface area contributed by atoms with Crippen LogP contribution in [0.2, 0.25) is 5.02 Å². The Hall–Kier alpha value is -2.00. The van der Waals surface area contributed by atoms with E-state index in [0.717, 1.165) is 24.1 Å². The second-order valence-corrected chi connectivity index (χ2v) is 6.70. The Morgan fingerprint density at radius 2 is 1.91 bits per heavy atom. The highest BCUT2D eigenvalue weighted by Crippen LogP contribution is 2.43. The number of carbonyl (C=O) groups excluding carboxylic acids is 1. The van der Waals surface area contributed by atoms with Gasteiger partial charge in [-0.2, -0.15) is 0 Å². The van der Waals surface area contributed by atoms with E-state index in [4.69, 9.17) is 11.6 Å². The fourth-order valence-corrected chi connectivity index (χ4v) is 3.37. The van der Waals surface area contributed by atoms with Gasteiger partial charge >= 0.3 is 6.03 Å². The Morgan fingerprint density at radius 1 is 1.17 bits per heavy atom. The predicted molar refractivity (Wildman–Crippen MR) is 95.2 cm³/mol. The summed E-state index contributed by atoms with van der Waals surface area (Å²) < 4.78 is 0. The maximum atomic E-state index is 12.2. The first-order valence-corrected chi connectivity index (χ1v) is 8.33. The monoisotopic (exact) mass is 328 g/mol. The van der Waals surface area contributed by atoms with Crippen LogP contribution in [0.15, 0.2) is 48.5 Å². The molecule has 2 N–H and O–H groups in total. The van der Waals surface area contributed by atoms with Gasteiger partial charge in [-0.15, -0.1) is 0 Å². The maximum absolute atomic E-state index is 12.2. The number of benzene rings is 2. The number of carbonyl (C=O) groups is 1. The summed E-state index contributed by atoms with van der Waals surface area (Å²) in [5.74, 6) is 0. The van der Waals surface area contributed by atoms with Crippen molar-refractivity contribution in [3.8, 4) is 0 Å². The zero-order valence-corrected chi connectivity index (χ0v) is 14.0. The molecule has 0 aliphatic heterocycles. The maximum Gasteiger partial charge on any atom is 0.319 e. The highest BCUT2D eigenvalue weighted by Gasteiger charge is 2.38. The summed E-state index contributed by atoms with van der Waals surface area (Å²) in [6.07, 6.45) is 3.46. The van der Waals surface area contributed by atoms with E-state index >= 15 is 0 Å². The second kappa shape index (κ2) is 6.63. The molecular formula is C19H21ClN2O. The molecule has 0 heterocycles.